The van der Waals surface area contributed by atoms with Crippen molar-refractivity contribution in [3.63, 3.8) is 0 Å². The van der Waals surface area contributed by atoms with Crippen LogP contribution in [0.5, 0.6) is 0 Å². The van der Waals surface area contributed by atoms with E-state index in [1.807, 2.05) is 0 Å². The third-order valence-corrected chi connectivity index (χ3v) is 10.8. The van der Waals surface area contributed by atoms with Crippen molar-refractivity contribution in [2.24, 2.45) is 0 Å². The van der Waals surface area contributed by atoms with Crippen molar-refractivity contribution >= 4 is 91.2 Å². The molecule has 10 aromatic carbocycles. The number of hydrogen-bond donors (Lipinski definition) is 0. The van der Waals surface area contributed by atoms with Gasteiger partial charge in [-0.2, -0.15) is 12.1 Å². The average molecular weight is 873 g/mol. The Morgan fingerprint density at radius 3 is 1.49 bits per heavy atom. The molecule has 10 rings (SSSR count). The van der Waals surface area contributed by atoms with E-state index in [1.165, 1.54) is 104 Å². The quantitative estimate of drug-likeness (QED) is 0.0943. The van der Waals surface area contributed by atoms with E-state index in [0.717, 1.165) is 9.52 Å². The van der Waals surface area contributed by atoms with Crippen LogP contribution < -0.4 is 0 Å². The molecule has 0 heterocycles. The summed E-state index contributed by atoms with van der Waals surface area (Å²) >= 11 is -0.826. The molecule has 0 unspecified atom stereocenters. The molecule has 0 aliphatic carbocycles. The summed E-state index contributed by atoms with van der Waals surface area (Å²) in [7, 11) is 11.0. The Balaban J connectivity index is 0.000000153. The van der Waals surface area contributed by atoms with E-state index in [1.54, 1.807) is 0 Å². The first-order chi connectivity index (χ1) is 27.8. The molecule has 0 fully saturated rings. The molecular weight excluding hydrogens is 827 g/mol. The number of rotatable bonds is 3. The van der Waals surface area contributed by atoms with Gasteiger partial charge < -0.3 is 0 Å². The van der Waals surface area contributed by atoms with Crippen LogP contribution in [0.15, 0.2) is 164 Å². The van der Waals surface area contributed by atoms with Gasteiger partial charge in [0.25, 0.3) is 0 Å². The molecule has 0 atom stereocenters. The summed E-state index contributed by atoms with van der Waals surface area (Å²) < 4.78 is 0. The zero-order valence-corrected chi connectivity index (χ0v) is 38.4. The maximum absolute atomic E-state index is 4.93. The second kappa shape index (κ2) is 18.5. The van der Waals surface area contributed by atoms with Gasteiger partial charge in [0.15, 0.2) is 0 Å². The molecule has 2 radical (unpaired) electrons. The van der Waals surface area contributed by atoms with Gasteiger partial charge in [-0.3, -0.25) is 0 Å². The van der Waals surface area contributed by atoms with Crippen LogP contribution in [-0.2, 0) is 20.8 Å². The van der Waals surface area contributed by atoms with Crippen LogP contribution in [0.4, 0.5) is 0 Å². The second-order valence-corrected chi connectivity index (χ2v) is 19.7. The molecule has 0 saturated heterocycles. The Kier molecular flexibility index (Phi) is 13.3. The summed E-state index contributed by atoms with van der Waals surface area (Å²) in [6.07, 6.45) is 0. The molecule has 0 spiro atoms. The van der Waals surface area contributed by atoms with E-state index >= 15 is 0 Å². The van der Waals surface area contributed by atoms with E-state index < -0.39 is 20.8 Å². The van der Waals surface area contributed by atoms with Crippen LogP contribution in [0.2, 0.25) is 13.1 Å². The number of aryl methyl sites for hydroxylation is 2. The molecule has 0 nitrogen and oxygen atoms in total. The fourth-order valence-corrected chi connectivity index (χ4v) is 8.20. The minimum absolute atomic E-state index is 0.548. The molecule has 0 aliphatic rings. The predicted molar refractivity (Wildman–Crippen MR) is 253 cm³/mol. The van der Waals surface area contributed by atoms with Crippen molar-refractivity contribution in [3.05, 3.63) is 180 Å². The Hall–Kier alpha value is -4.30. The maximum atomic E-state index is 4.93. The van der Waals surface area contributed by atoms with E-state index in [4.69, 9.17) is 17.0 Å². The van der Waals surface area contributed by atoms with Gasteiger partial charge in [0.05, 0.1) is 0 Å². The standard InChI is InChI=1S/C26H21.C25H19.C2H6Si.2ClH.Zr/c1-17(2)20-15-19-8-5-10-24(26(19)16-20)23-12-6-11-22-21-9-4-3-7-18(21)13-14-25(22)23;1-16-14-24-17(2)10-12-23(25(24)15-16)21-9-5-8-20-19-7-4-3-6-18(19)11-13-22(20)21;1-3-2;;;/h3-17H,1-2H3;3-15H,1-2H3;1-2H3;2*1H;/q2*-1;;;;+4/p-2. The molecule has 0 aromatic heterocycles. The van der Waals surface area contributed by atoms with Crippen molar-refractivity contribution in [2.45, 2.75) is 46.7 Å². The van der Waals surface area contributed by atoms with Gasteiger partial charge in [0.1, 0.15) is 0 Å². The van der Waals surface area contributed by atoms with Gasteiger partial charge in [-0.15, -0.1) is 68.6 Å². The normalized spacial score (nSPS) is 11.0. The Morgan fingerprint density at radius 1 is 0.474 bits per heavy atom. The van der Waals surface area contributed by atoms with E-state index in [0.29, 0.717) is 5.92 Å². The van der Waals surface area contributed by atoms with Gasteiger partial charge in [0, 0.05) is 9.52 Å². The molecule has 0 aliphatic heterocycles. The number of halogens is 2. The third kappa shape index (κ3) is 8.48. The van der Waals surface area contributed by atoms with Crippen molar-refractivity contribution in [1.29, 1.82) is 0 Å². The molecule has 0 bridgehead atoms. The summed E-state index contributed by atoms with van der Waals surface area (Å²) in [4.78, 5) is 0. The number of benzene rings is 8. The van der Waals surface area contributed by atoms with Crippen molar-refractivity contribution in [1.82, 2.24) is 0 Å². The average Bonchev–Trinajstić information content (AvgIpc) is 3.86. The summed E-state index contributed by atoms with van der Waals surface area (Å²) in [6, 6.07) is 60.2. The summed E-state index contributed by atoms with van der Waals surface area (Å²) in [5, 5.41) is 16.0. The molecule has 57 heavy (non-hydrogen) atoms. The number of hydrogen-bond acceptors (Lipinski definition) is 0. The topological polar surface area (TPSA) is 0 Å². The van der Waals surface area contributed by atoms with Gasteiger partial charge in [-0.25, -0.2) is 0 Å². The van der Waals surface area contributed by atoms with E-state index in [2.05, 4.69) is 205 Å². The number of fused-ring (bicyclic) bond motifs is 8. The zero-order valence-electron chi connectivity index (χ0n) is 33.4. The van der Waals surface area contributed by atoms with Gasteiger partial charge >= 0.3 is 37.9 Å². The van der Waals surface area contributed by atoms with Crippen LogP contribution in [0.25, 0.3) is 86.9 Å². The molecule has 0 saturated carbocycles. The Morgan fingerprint density at radius 2 is 0.947 bits per heavy atom. The van der Waals surface area contributed by atoms with Gasteiger partial charge in [-0.05, 0) is 60.1 Å². The molecule has 4 heteroatoms. The van der Waals surface area contributed by atoms with Crippen LogP contribution in [-0.4, -0.2) is 9.52 Å². The molecular formula is C53H46Cl2SiZr. The van der Waals surface area contributed by atoms with Crippen LogP contribution in [0.3, 0.4) is 0 Å². The molecule has 0 N–H and O–H groups in total. The van der Waals surface area contributed by atoms with Gasteiger partial charge in [-0.1, -0.05) is 173 Å². The Labute approximate surface area is 358 Å². The van der Waals surface area contributed by atoms with Crippen molar-refractivity contribution < 1.29 is 20.8 Å². The molecule has 0 amide bonds. The first-order valence-corrected chi connectivity index (χ1v) is 27.8. The van der Waals surface area contributed by atoms with Crippen LogP contribution in [0, 0.1) is 13.8 Å². The molecule has 280 valence electrons. The van der Waals surface area contributed by atoms with Gasteiger partial charge in [0.2, 0.25) is 0 Å². The second-order valence-electron chi connectivity index (χ2n) is 15.0. The van der Waals surface area contributed by atoms with E-state index in [9.17, 15) is 0 Å². The fraction of sp³-hybridized carbons (Fsp3) is 0.132. The first kappa shape index (κ1) is 40.9. The predicted octanol–water partition coefficient (Wildman–Crippen LogP) is 17.0. The first-order valence-electron chi connectivity index (χ1n) is 19.5. The fourth-order valence-electron chi connectivity index (χ4n) is 8.20. The summed E-state index contributed by atoms with van der Waals surface area (Å²) in [5.74, 6) is 0.548. The summed E-state index contributed by atoms with van der Waals surface area (Å²) in [6.45, 7) is 13.2. The third-order valence-electron chi connectivity index (χ3n) is 10.8. The Bertz CT molecular complexity index is 2970. The van der Waals surface area contributed by atoms with E-state index in [-0.39, 0.29) is 0 Å². The summed E-state index contributed by atoms with van der Waals surface area (Å²) in [5.41, 5.74) is 9.38. The van der Waals surface area contributed by atoms with Crippen LogP contribution >= 0.6 is 17.0 Å². The minimum atomic E-state index is -0.826. The van der Waals surface area contributed by atoms with Crippen molar-refractivity contribution in [3.8, 4) is 22.3 Å². The zero-order chi connectivity index (χ0) is 40.1. The van der Waals surface area contributed by atoms with Crippen molar-refractivity contribution in [2.75, 3.05) is 0 Å². The molecule has 10 aromatic rings. The monoisotopic (exact) mass is 870 g/mol. The van der Waals surface area contributed by atoms with Crippen LogP contribution in [0.1, 0.15) is 36.5 Å². The SMILES string of the molecule is CC(C)c1cc2c(-c3cccc4c3ccc3ccccc34)cccc2[cH-]1.C[Si]C.Cc1cc2c(-c3cccc4c3ccc3ccccc34)ccc(C)c2[cH-]1.[Cl][Zr+2][Cl].